The number of thioether (sulfide) groups is 1. The largest absolute Gasteiger partial charge is 0.481 e. The number of hydrogen-bond donors (Lipinski definition) is 2. The molecule has 0 aromatic carbocycles. The number of sulfonamides is 1. The van der Waals surface area contributed by atoms with Crippen LogP contribution in [0.2, 0.25) is 0 Å². The average Bonchev–Trinajstić information content (AvgIpc) is 2.27. The molecule has 0 aliphatic heterocycles. The molecular weight excluding hydrogens is 262 g/mol. The zero-order chi connectivity index (χ0) is 12.9. The number of aliphatic carboxylic acids is 1. The minimum absolute atomic E-state index is 0.0165. The number of hydrogen-bond acceptors (Lipinski definition) is 4. The molecule has 1 rings (SSSR count). The number of carboxylic acids is 1. The third-order valence-electron chi connectivity index (χ3n) is 2.94. The first kappa shape index (κ1) is 14.8. The lowest BCUT2D eigenvalue weighted by Gasteiger charge is -2.27. The Labute approximate surface area is 106 Å². The summed E-state index contributed by atoms with van der Waals surface area (Å²) in [6.07, 6.45) is 5.47. The van der Waals surface area contributed by atoms with Crippen LogP contribution in [0.3, 0.4) is 0 Å². The summed E-state index contributed by atoms with van der Waals surface area (Å²) in [5.41, 5.74) is 0. The van der Waals surface area contributed by atoms with Crippen LogP contribution in [-0.2, 0) is 14.8 Å². The van der Waals surface area contributed by atoms with Crippen LogP contribution in [0, 0.1) is 0 Å². The van der Waals surface area contributed by atoms with Crippen molar-refractivity contribution in [3.05, 3.63) is 0 Å². The molecule has 17 heavy (non-hydrogen) atoms. The summed E-state index contributed by atoms with van der Waals surface area (Å²) in [6, 6.07) is -0.0165. The summed E-state index contributed by atoms with van der Waals surface area (Å²) < 4.78 is 25.7. The van der Waals surface area contributed by atoms with Crippen molar-refractivity contribution in [1.82, 2.24) is 4.72 Å². The van der Waals surface area contributed by atoms with Crippen molar-refractivity contribution in [2.45, 2.75) is 43.4 Å². The summed E-state index contributed by atoms with van der Waals surface area (Å²) in [5, 5.41) is 9.09. The first-order valence-electron chi connectivity index (χ1n) is 5.67. The Morgan fingerprint density at radius 2 is 1.94 bits per heavy atom. The molecule has 1 aliphatic carbocycles. The highest BCUT2D eigenvalue weighted by Crippen LogP contribution is 2.27. The molecule has 2 N–H and O–H groups in total. The average molecular weight is 281 g/mol. The van der Waals surface area contributed by atoms with Gasteiger partial charge in [-0.1, -0.05) is 0 Å². The Morgan fingerprint density at radius 3 is 2.41 bits per heavy atom. The van der Waals surface area contributed by atoms with Crippen molar-refractivity contribution in [3.63, 3.8) is 0 Å². The molecular formula is C10H19NO4S2. The number of rotatable bonds is 6. The van der Waals surface area contributed by atoms with Gasteiger partial charge in [-0.25, -0.2) is 13.1 Å². The van der Waals surface area contributed by atoms with E-state index in [9.17, 15) is 13.2 Å². The van der Waals surface area contributed by atoms with Gasteiger partial charge in [0.25, 0.3) is 0 Å². The van der Waals surface area contributed by atoms with Crippen LogP contribution in [0.1, 0.15) is 32.1 Å². The molecule has 1 saturated carbocycles. The quantitative estimate of drug-likeness (QED) is 0.760. The van der Waals surface area contributed by atoms with E-state index in [2.05, 4.69) is 11.0 Å². The Bertz CT molecular complexity index is 347. The lowest BCUT2D eigenvalue weighted by molar-refractivity contribution is -0.136. The molecule has 0 spiro atoms. The summed E-state index contributed by atoms with van der Waals surface area (Å²) in [6.45, 7) is 0. The molecule has 1 fully saturated rings. The van der Waals surface area contributed by atoms with E-state index in [1.807, 2.05) is 11.8 Å². The van der Waals surface area contributed by atoms with Crippen LogP contribution in [0.15, 0.2) is 0 Å². The topological polar surface area (TPSA) is 83.5 Å². The molecule has 0 unspecified atom stereocenters. The highest BCUT2D eigenvalue weighted by atomic mass is 32.2. The highest BCUT2D eigenvalue weighted by Gasteiger charge is 2.24. The van der Waals surface area contributed by atoms with Gasteiger partial charge in [-0.15, -0.1) is 0 Å². The second kappa shape index (κ2) is 6.61. The fourth-order valence-corrected chi connectivity index (χ4v) is 4.00. The zero-order valence-electron chi connectivity index (χ0n) is 9.89. The monoisotopic (exact) mass is 281 g/mol. The van der Waals surface area contributed by atoms with Gasteiger partial charge < -0.3 is 5.11 Å². The van der Waals surface area contributed by atoms with Crippen molar-refractivity contribution in [1.29, 1.82) is 0 Å². The molecule has 0 aromatic rings. The van der Waals surface area contributed by atoms with Crippen LogP contribution in [0.4, 0.5) is 0 Å². The maximum Gasteiger partial charge on any atom is 0.304 e. The standard InChI is InChI=1S/C10H19NO4S2/c1-16-9-4-2-8(3-5-9)11-17(14,15)7-6-10(12)13/h8-9,11H,2-7H2,1H3,(H,12,13). The predicted molar refractivity (Wildman–Crippen MR) is 68.7 cm³/mol. The maximum absolute atomic E-state index is 11.6. The summed E-state index contributed by atoms with van der Waals surface area (Å²) >= 11 is 1.82. The smallest absolute Gasteiger partial charge is 0.304 e. The third kappa shape index (κ3) is 5.74. The fraction of sp³-hybridized carbons (Fsp3) is 0.900. The molecule has 0 amide bonds. The van der Waals surface area contributed by atoms with Crippen LogP contribution in [-0.4, -0.2) is 42.8 Å². The normalized spacial score (nSPS) is 25.7. The van der Waals surface area contributed by atoms with Crippen LogP contribution in [0.5, 0.6) is 0 Å². The highest BCUT2D eigenvalue weighted by molar-refractivity contribution is 7.99. The first-order valence-corrected chi connectivity index (χ1v) is 8.61. The lowest BCUT2D eigenvalue weighted by atomic mass is 9.96. The van der Waals surface area contributed by atoms with E-state index < -0.39 is 16.0 Å². The van der Waals surface area contributed by atoms with E-state index in [4.69, 9.17) is 5.11 Å². The van der Waals surface area contributed by atoms with E-state index in [-0.39, 0.29) is 18.2 Å². The molecule has 0 aromatic heterocycles. The number of carbonyl (C=O) groups is 1. The SMILES string of the molecule is CSC1CCC(NS(=O)(=O)CCC(=O)O)CC1. The van der Waals surface area contributed by atoms with Gasteiger partial charge in [0.05, 0.1) is 12.2 Å². The van der Waals surface area contributed by atoms with Gasteiger partial charge in [0, 0.05) is 11.3 Å². The van der Waals surface area contributed by atoms with Gasteiger partial charge in [0.1, 0.15) is 0 Å². The molecule has 7 heteroatoms. The molecule has 0 atom stereocenters. The Morgan fingerprint density at radius 1 is 1.35 bits per heavy atom. The lowest BCUT2D eigenvalue weighted by Crippen LogP contribution is -2.39. The molecule has 0 bridgehead atoms. The molecule has 0 radical (unpaired) electrons. The second-order valence-corrected chi connectivity index (χ2v) is 7.30. The van der Waals surface area contributed by atoms with Gasteiger partial charge in [0.2, 0.25) is 10.0 Å². The third-order valence-corrected chi connectivity index (χ3v) is 5.51. The van der Waals surface area contributed by atoms with E-state index in [1.54, 1.807) is 0 Å². The summed E-state index contributed by atoms with van der Waals surface area (Å²) in [4.78, 5) is 10.3. The van der Waals surface area contributed by atoms with Crippen LogP contribution < -0.4 is 4.72 Å². The van der Waals surface area contributed by atoms with Crippen LogP contribution in [0.25, 0.3) is 0 Å². The van der Waals surface area contributed by atoms with E-state index in [0.29, 0.717) is 5.25 Å². The summed E-state index contributed by atoms with van der Waals surface area (Å²) in [7, 11) is -3.44. The fourth-order valence-electron chi connectivity index (χ4n) is 1.95. The molecule has 0 heterocycles. The van der Waals surface area contributed by atoms with Gasteiger partial charge in [-0.3, -0.25) is 4.79 Å². The van der Waals surface area contributed by atoms with Gasteiger partial charge in [-0.05, 0) is 31.9 Å². The predicted octanol–water partition coefficient (Wildman–Crippen LogP) is 1.05. The Kier molecular flexibility index (Phi) is 5.75. The molecule has 0 saturated heterocycles. The minimum Gasteiger partial charge on any atom is -0.481 e. The zero-order valence-corrected chi connectivity index (χ0v) is 11.5. The van der Waals surface area contributed by atoms with Gasteiger partial charge in [-0.2, -0.15) is 11.8 Å². The van der Waals surface area contributed by atoms with Crippen molar-refractivity contribution < 1.29 is 18.3 Å². The first-order chi connectivity index (χ1) is 7.93. The van der Waals surface area contributed by atoms with Crippen molar-refractivity contribution in [3.8, 4) is 0 Å². The van der Waals surface area contributed by atoms with Crippen LogP contribution >= 0.6 is 11.8 Å². The molecule has 5 nitrogen and oxygen atoms in total. The van der Waals surface area contributed by atoms with Crippen molar-refractivity contribution in [2.75, 3.05) is 12.0 Å². The second-order valence-electron chi connectivity index (χ2n) is 4.29. The van der Waals surface area contributed by atoms with E-state index >= 15 is 0 Å². The van der Waals surface area contributed by atoms with Crippen molar-refractivity contribution >= 4 is 27.8 Å². The molecule has 100 valence electrons. The number of carboxylic acid groups (broad SMARTS) is 1. The van der Waals surface area contributed by atoms with Gasteiger partial charge >= 0.3 is 5.97 Å². The van der Waals surface area contributed by atoms with E-state index in [0.717, 1.165) is 25.7 Å². The van der Waals surface area contributed by atoms with Gasteiger partial charge in [0.15, 0.2) is 0 Å². The molecule has 1 aliphatic rings. The summed E-state index contributed by atoms with van der Waals surface area (Å²) in [5.74, 6) is -1.41. The Balaban J connectivity index is 2.36. The van der Waals surface area contributed by atoms with E-state index in [1.165, 1.54) is 0 Å². The number of nitrogens with one attached hydrogen (secondary N) is 1. The van der Waals surface area contributed by atoms with Crippen molar-refractivity contribution in [2.24, 2.45) is 0 Å². The maximum atomic E-state index is 11.6. The Hall–Kier alpha value is -0.270. The minimum atomic E-state index is -3.44.